The van der Waals surface area contributed by atoms with Gasteiger partial charge >= 0.3 is 0 Å². The summed E-state index contributed by atoms with van der Waals surface area (Å²) in [5.74, 6) is -3.89. The lowest BCUT2D eigenvalue weighted by Gasteiger charge is -2.02. The summed E-state index contributed by atoms with van der Waals surface area (Å²) in [6.45, 7) is 0. The topological polar surface area (TPSA) is 34.1 Å². The van der Waals surface area contributed by atoms with E-state index in [2.05, 4.69) is 31.9 Å². The van der Waals surface area contributed by atoms with Crippen molar-refractivity contribution in [1.29, 1.82) is 0 Å². The van der Waals surface area contributed by atoms with Gasteiger partial charge in [-0.1, -0.05) is 0 Å². The van der Waals surface area contributed by atoms with Crippen LogP contribution in [0.3, 0.4) is 0 Å². The number of sulfone groups is 1. The van der Waals surface area contributed by atoms with Crippen LogP contribution in [0, 0.1) is 23.3 Å². The van der Waals surface area contributed by atoms with Crippen LogP contribution in [0.4, 0.5) is 17.6 Å². The molecule has 0 aliphatic carbocycles. The van der Waals surface area contributed by atoms with Crippen LogP contribution in [-0.4, -0.2) is 20.9 Å². The van der Waals surface area contributed by atoms with Crippen LogP contribution in [0.1, 0.15) is 0 Å². The summed E-state index contributed by atoms with van der Waals surface area (Å²) >= 11 is 7.31. The standard InChI is InChI=1S/C7H5BrF2O2S.C7H5BrF2S/c1-13(11,12)7-3-6(10)5(9)2-4(7)8;1-11-7-3-6(10)5(9)2-4(7)8/h2-3H,1H3;2-3H,1H3. The highest BCUT2D eigenvalue weighted by atomic mass is 79.9. The van der Waals surface area contributed by atoms with Crippen LogP contribution in [0.2, 0.25) is 0 Å². The third-order valence-electron chi connectivity index (χ3n) is 2.57. The summed E-state index contributed by atoms with van der Waals surface area (Å²) in [5, 5.41) is 0. The molecule has 0 atom stereocenters. The first kappa shape index (κ1) is 21.5. The number of hydrogen-bond acceptors (Lipinski definition) is 3. The first-order chi connectivity index (χ1) is 11.0. The molecule has 0 amide bonds. The number of halogens is 6. The van der Waals surface area contributed by atoms with Gasteiger partial charge in [-0.25, -0.2) is 26.0 Å². The van der Waals surface area contributed by atoms with Crippen molar-refractivity contribution in [2.75, 3.05) is 12.5 Å². The van der Waals surface area contributed by atoms with Crippen molar-refractivity contribution in [3.05, 3.63) is 56.5 Å². The fourth-order valence-corrected chi connectivity index (χ4v) is 4.65. The van der Waals surface area contributed by atoms with Crippen LogP contribution >= 0.6 is 43.6 Å². The smallest absolute Gasteiger partial charge is 0.176 e. The van der Waals surface area contributed by atoms with E-state index >= 15 is 0 Å². The summed E-state index contributed by atoms with van der Waals surface area (Å²) in [5.41, 5.74) is 0. The summed E-state index contributed by atoms with van der Waals surface area (Å²) < 4.78 is 72.8. The van der Waals surface area contributed by atoms with Crippen LogP contribution in [0.15, 0.2) is 43.0 Å². The van der Waals surface area contributed by atoms with Gasteiger partial charge in [0.1, 0.15) is 0 Å². The van der Waals surface area contributed by atoms with Gasteiger partial charge in [-0.15, -0.1) is 11.8 Å². The van der Waals surface area contributed by atoms with Crippen LogP contribution in [0.25, 0.3) is 0 Å². The van der Waals surface area contributed by atoms with Crippen molar-refractivity contribution in [2.45, 2.75) is 9.79 Å². The highest BCUT2D eigenvalue weighted by Crippen LogP contribution is 2.27. The Balaban J connectivity index is 0.000000243. The minimum absolute atomic E-state index is 0.0221. The van der Waals surface area contributed by atoms with Crippen molar-refractivity contribution in [2.24, 2.45) is 0 Å². The zero-order chi connectivity index (χ0) is 18.7. The van der Waals surface area contributed by atoms with Gasteiger partial charge in [-0.2, -0.15) is 0 Å². The zero-order valence-corrected chi connectivity index (χ0v) is 17.0. The summed E-state index contributed by atoms with van der Waals surface area (Å²) in [6, 6.07) is 3.73. The Morgan fingerprint density at radius 3 is 1.71 bits per heavy atom. The average molecular weight is 510 g/mol. The molecule has 0 unspecified atom stereocenters. The Kier molecular flexibility index (Phi) is 7.76. The third kappa shape index (κ3) is 5.75. The molecule has 0 fully saturated rings. The van der Waals surface area contributed by atoms with E-state index in [-0.39, 0.29) is 9.37 Å². The summed E-state index contributed by atoms with van der Waals surface area (Å²) in [6.07, 6.45) is 2.72. The van der Waals surface area contributed by atoms with Gasteiger partial charge in [-0.05, 0) is 62.4 Å². The van der Waals surface area contributed by atoms with E-state index in [4.69, 9.17) is 0 Å². The average Bonchev–Trinajstić information content (AvgIpc) is 2.46. The number of benzene rings is 2. The lowest BCUT2D eigenvalue weighted by Crippen LogP contribution is -2.00. The maximum atomic E-state index is 12.6. The number of thioether (sulfide) groups is 1. The predicted molar refractivity (Wildman–Crippen MR) is 93.0 cm³/mol. The maximum absolute atomic E-state index is 12.6. The molecule has 0 saturated carbocycles. The summed E-state index contributed by atoms with van der Waals surface area (Å²) in [4.78, 5) is 0.440. The molecule has 0 radical (unpaired) electrons. The van der Waals surface area contributed by atoms with Gasteiger partial charge in [0, 0.05) is 20.1 Å². The van der Waals surface area contributed by atoms with E-state index in [1.807, 2.05) is 0 Å². The van der Waals surface area contributed by atoms with Crippen molar-refractivity contribution in [3.8, 4) is 0 Å². The molecule has 0 bridgehead atoms. The van der Waals surface area contributed by atoms with Crippen LogP contribution in [-0.2, 0) is 9.84 Å². The molecule has 2 aromatic rings. The molecule has 10 heteroatoms. The van der Waals surface area contributed by atoms with Crippen LogP contribution in [0.5, 0.6) is 0 Å². The van der Waals surface area contributed by atoms with Gasteiger partial charge in [0.05, 0.1) is 4.90 Å². The highest BCUT2D eigenvalue weighted by Gasteiger charge is 2.15. The lowest BCUT2D eigenvalue weighted by molar-refractivity contribution is 0.503. The largest absolute Gasteiger partial charge is 0.224 e. The molecular weight excluding hydrogens is 500 g/mol. The van der Waals surface area contributed by atoms with Crippen molar-refractivity contribution < 1.29 is 26.0 Å². The normalized spacial score (nSPS) is 11.0. The predicted octanol–water partition coefficient (Wildman–Crippen LogP) is 5.58. The number of hydrogen-bond donors (Lipinski definition) is 0. The van der Waals surface area contributed by atoms with Crippen LogP contribution < -0.4 is 0 Å². The second-order valence-electron chi connectivity index (χ2n) is 4.37. The zero-order valence-electron chi connectivity index (χ0n) is 12.2. The lowest BCUT2D eigenvalue weighted by atomic mass is 10.3. The molecule has 24 heavy (non-hydrogen) atoms. The summed E-state index contributed by atoms with van der Waals surface area (Å²) in [7, 11) is -3.53. The molecule has 0 saturated heterocycles. The Morgan fingerprint density at radius 1 is 0.833 bits per heavy atom. The Morgan fingerprint density at radius 2 is 1.25 bits per heavy atom. The Labute approximate surface area is 157 Å². The minimum atomic E-state index is -3.53. The molecule has 2 aromatic carbocycles. The quantitative estimate of drug-likeness (QED) is 0.229. The first-order valence-corrected chi connectivity index (χ1v) is 10.7. The van der Waals surface area contributed by atoms with E-state index in [1.54, 1.807) is 6.26 Å². The molecule has 0 aliphatic heterocycles. The molecule has 0 aromatic heterocycles. The molecule has 132 valence electrons. The van der Waals surface area contributed by atoms with E-state index < -0.39 is 33.1 Å². The van der Waals surface area contributed by atoms with Gasteiger partial charge in [0.2, 0.25) is 0 Å². The molecular formula is C14H10Br2F4O2S2. The molecule has 0 aliphatic rings. The Bertz CT molecular complexity index is 858. The van der Waals surface area contributed by atoms with Crippen molar-refractivity contribution in [1.82, 2.24) is 0 Å². The van der Waals surface area contributed by atoms with E-state index in [9.17, 15) is 26.0 Å². The Hall–Kier alpha value is -0.580. The third-order valence-corrected chi connectivity index (χ3v) is 6.32. The molecule has 2 rings (SSSR count). The molecule has 2 nitrogen and oxygen atoms in total. The van der Waals surface area contributed by atoms with Gasteiger partial charge in [0.15, 0.2) is 33.1 Å². The minimum Gasteiger partial charge on any atom is -0.224 e. The SMILES string of the molecule is CS(=O)(=O)c1cc(F)c(F)cc1Br.CSc1cc(F)c(F)cc1Br. The van der Waals surface area contributed by atoms with Crippen molar-refractivity contribution in [3.63, 3.8) is 0 Å². The highest BCUT2D eigenvalue weighted by molar-refractivity contribution is 9.10. The molecule has 0 spiro atoms. The monoisotopic (exact) mass is 508 g/mol. The van der Waals surface area contributed by atoms with Gasteiger partial charge in [-0.3, -0.25) is 0 Å². The van der Waals surface area contributed by atoms with Crippen molar-refractivity contribution >= 4 is 53.5 Å². The van der Waals surface area contributed by atoms with E-state index in [0.29, 0.717) is 15.4 Å². The second-order valence-corrected chi connectivity index (χ2v) is 8.91. The fourth-order valence-electron chi connectivity index (χ4n) is 1.45. The fraction of sp³-hybridized carbons (Fsp3) is 0.143. The maximum Gasteiger partial charge on any atom is 0.176 e. The first-order valence-electron chi connectivity index (χ1n) is 6.00. The van der Waals surface area contributed by atoms with E-state index in [0.717, 1.165) is 18.4 Å². The van der Waals surface area contributed by atoms with Gasteiger partial charge in [0.25, 0.3) is 0 Å². The number of rotatable bonds is 2. The molecule has 0 heterocycles. The molecule has 0 N–H and O–H groups in total. The van der Waals surface area contributed by atoms with Gasteiger partial charge < -0.3 is 0 Å². The second kappa shape index (κ2) is 8.68. The van der Waals surface area contributed by atoms with E-state index in [1.165, 1.54) is 17.8 Å².